The van der Waals surface area contributed by atoms with E-state index < -0.39 is 35.6 Å². The van der Waals surface area contributed by atoms with Crippen LogP contribution in [0, 0.1) is 0 Å². The third-order valence-corrected chi connectivity index (χ3v) is 5.70. The van der Waals surface area contributed by atoms with Crippen molar-refractivity contribution in [1.82, 2.24) is 4.72 Å². The molecule has 0 aromatic heterocycles. The molecule has 3 N–H and O–H groups in total. The first-order valence-corrected chi connectivity index (χ1v) is 9.69. The zero-order valence-electron chi connectivity index (χ0n) is 14.4. The highest BCUT2D eigenvalue weighted by Gasteiger charge is 2.40. The number of rotatable bonds is 8. The van der Waals surface area contributed by atoms with Crippen molar-refractivity contribution >= 4 is 22.4 Å². The SMILES string of the molecule is Cl.NC1CCC(NS(=O)(=O)c2cccc(COCC(F)(F)C(F)F)c2)CC1. The van der Waals surface area contributed by atoms with Crippen molar-refractivity contribution in [2.45, 2.75) is 61.6 Å². The van der Waals surface area contributed by atoms with E-state index in [0.717, 1.165) is 12.8 Å². The predicted molar refractivity (Wildman–Crippen MR) is 94.8 cm³/mol. The van der Waals surface area contributed by atoms with Gasteiger partial charge in [0.1, 0.15) is 6.61 Å². The van der Waals surface area contributed by atoms with Crippen molar-refractivity contribution in [3.8, 4) is 0 Å². The third kappa shape index (κ3) is 7.19. The summed E-state index contributed by atoms with van der Waals surface area (Å²) in [5.41, 5.74) is 6.09. The highest BCUT2D eigenvalue weighted by Crippen LogP contribution is 2.24. The summed E-state index contributed by atoms with van der Waals surface area (Å²) in [6, 6.07) is 5.44. The fourth-order valence-electron chi connectivity index (χ4n) is 2.69. The van der Waals surface area contributed by atoms with Crippen LogP contribution in [0.2, 0.25) is 0 Å². The lowest BCUT2D eigenvalue weighted by Gasteiger charge is -2.26. The summed E-state index contributed by atoms with van der Waals surface area (Å²) in [6.45, 7) is -1.84. The molecule has 0 radical (unpaired) electrons. The van der Waals surface area contributed by atoms with Gasteiger partial charge in [0.2, 0.25) is 10.0 Å². The second-order valence-corrected chi connectivity index (χ2v) is 8.15. The highest BCUT2D eigenvalue weighted by molar-refractivity contribution is 7.89. The average molecular weight is 435 g/mol. The second kappa shape index (κ2) is 10.0. The van der Waals surface area contributed by atoms with Crippen LogP contribution in [-0.2, 0) is 21.4 Å². The van der Waals surface area contributed by atoms with E-state index in [1.165, 1.54) is 24.3 Å². The summed E-state index contributed by atoms with van der Waals surface area (Å²) in [5, 5.41) is 0. The molecule has 0 heterocycles. The molecule has 0 saturated heterocycles. The molecule has 0 aliphatic heterocycles. The Kier molecular flexibility index (Phi) is 8.94. The van der Waals surface area contributed by atoms with Gasteiger partial charge in [-0.2, -0.15) is 8.78 Å². The van der Waals surface area contributed by atoms with Gasteiger partial charge in [0.25, 0.3) is 0 Å². The molecule has 1 fully saturated rings. The molecule has 1 saturated carbocycles. The fraction of sp³-hybridized carbons (Fsp3) is 0.625. The topological polar surface area (TPSA) is 81.4 Å². The summed E-state index contributed by atoms with van der Waals surface area (Å²) in [5.74, 6) is -4.24. The van der Waals surface area contributed by atoms with E-state index in [0.29, 0.717) is 18.4 Å². The van der Waals surface area contributed by atoms with Crippen LogP contribution < -0.4 is 10.5 Å². The van der Waals surface area contributed by atoms with Crippen molar-refractivity contribution < 1.29 is 30.7 Å². The van der Waals surface area contributed by atoms with Crippen LogP contribution in [0.25, 0.3) is 0 Å². The van der Waals surface area contributed by atoms with Gasteiger partial charge in [-0.05, 0) is 43.4 Å². The standard InChI is InChI=1S/C16H22F4N2O3S.ClH/c17-15(18)16(19,20)10-25-9-11-2-1-3-14(8-11)26(23,24)22-13-6-4-12(21)5-7-13;/h1-3,8,12-13,15,22H,4-7,9-10,21H2;1H. The normalized spacial score (nSPS) is 21.1. The Morgan fingerprint density at radius 3 is 2.44 bits per heavy atom. The molecule has 156 valence electrons. The first kappa shape index (κ1) is 24.1. The van der Waals surface area contributed by atoms with Crippen LogP contribution in [-0.4, -0.2) is 39.5 Å². The van der Waals surface area contributed by atoms with Gasteiger partial charge in [0.05, 0.1) is 11.5 Å². The maximum atomic E-state index is 12.8. The first-order chi connectivity index (χ1) is 12.1. The molecule has 1 aromatic rings. The van der Waals surface area contributed by atoms with E-state index in [2.05, 4.69) is 9.46 Å². The minimum Gasteiger partial charge on any atom is -0.370 e. The van der Waals surface area contributed by atoms with Gasteiger partial charge in [-0.15, -0.1) is 12.4 Å². The summed E-state index contributed by atoms with van der Waals surface area (Å²) in [6.07, 6.45) is -1.06. The molecule has 1 aliphatic rings. The molecule has 0 spiro atoms. The number of hydrogen-bond donors (Lipinski definition) is 2. The second-order valence-electron chi connectivity index (χ2n) is 6.43. The Balaban J connectivity index is 0.00000364. The van der Waals surface area contributed by atoms with Crippen molar-refractivity contribution in [1.29, 1.82) is 0 Å². The number of nitrogens with one attached hydrogen (secondary N) is 1. The van der Waals surface area contributed by atoms with Gasteiger partial charge in [-0.3, -0.25) is 0 Å². The van der Waals surface area contributed by atoms with Crippen LogP contribution in [0.5, 0.6) is 0 Å². The van der Waals surface area contributed by atoms with Crippen LogP contribution >= 0.6 is 12.4 Å². The van der Waals surface area contributed by atoms with Gasteiger partial charge in [-0.25, -0.2) is 21.9 Å². The van der Waals surface area contributed by atoms with Crippen LogP contribution in [0.3, 0.4) is 0 Å². The number of halogens is 5. The van der Waals surface area contributed by atoms with E-state index in [9.17, 15) is 26.0 Å². The Bertz CT molecular complexity index is 699. The molecule has 2 rings (SSSR count). The average Bonchev–Trinajstić information content (AvgIpc) is 2.57. The molecule has 0 bridgehead atoms. The maximum Gasteiger partial charge on any atom is 0.330 e. The number of hydrogen-bond acceptors (Lipinski definition) is 4. The Hall–Kier alpha value is -0.940. The van der Waals surface area contributed by atoms with Crippen LogP contribution in [0.15, 0.2) is 29.2 Å². The summed E-state index contributed by atoms with van der Waals surface area (Å²) < 4.78 is 81.9. The Labute approximate surface area is 162 Å². The Morgan fingerprint density at radius 1 is 1.22 bits per heavy atom. The largest absolute Gasteiger partial charge is 0.370 e. The van der Waals surface area contributed by atoms with Crippen molar-refractivity contribution in [3.05, 3.63) is 29.8 Å². The molecule has 27 heavy (non-hydrogen) atoms. The van der Waals surface area contributed by atoms with Crippen LogP contribution in [0.4, 0.5) is 17.6 Å². The number of benzene rings is 1. The molecule has 5 nitrogen and oxygen atoms in total. The van der Waals surface area contributed by atoms with Gasteiger partial charge >= 0.3 is 12.3 Å². The van der Waals surface area contributed by atoms with E-state index in [1.54, 1.807) is 0 Å². The monoisotopic (exact) mass is 434 g/mol. The van der Waals surface area contributed by atoms with Crippen LogP contribution in [0.1, 0.15) is 31.2 Å². The quantitative estimate of drug-likeness (QED) is 0.616. The van der Waals surface area contributed by atoms with E-state index in [1.807, 2.05) is 0 Å². The molecule has 11 heteroatoms. The lowest BCUT2D eigenvalue weighted by molar-refractivity contribution is -0.168. The van der Waals surface area contributed by atoms with E-state index in [4.69, 9.17) is 5.73 Å². The lowest BCUT2D eigenvalue weighted by atomic mass is 9.93. The molecular weight excluding hydrogens is 412 g/mol. The van der Waals surface area contributed by atoms with Gasteiger partial charge in [-0.1, -0.05) is 12.1 Å². The molecule has 1 aliphatic carbocycles. The zero-order chi connectivity index (χ0) is 19.4. The number of ether oxygens (including phenoxy) is 1. The number of sulfonamides is 1. The number of alkyl halides is 4. The molecular formula is C16H23ClF4N2O3S. The minimum absolute atomic E-state index is 0. The van der Waals surface area contributed by atoms with E-state index in [-0.39, 0.29) is 29.4 Å². The first-order valence-electron chi connectivity index (χ1n) is 8.21. The summed E-state index contributed by atoms with van der Waals surface area (Å²) in [4.78, 5) is -0.0332. The smallest absolute Gasteiger partial charge is 0.330 e. The minimum atomic E-state index is -4.24. The summed E-state index contributed by atoms with van der Waals surface area (Å²) in [7, 11) is -3.78. The number of nitrogens with two attached hydrogens (primary N) is 1. The van der Waals surface area contributed by atoms with Crippen molar-refractivity contribution in [3.63, 3.8) is 0 Å². The highest BCUT2D eigenvalue weighted by atomic mass is 35.5. The predicted octanol–water partition coefficient (Wildman–Crippen LogP) is 3.07. The molecule has 0 amide bonds. The molecule has 0 atom stereocenters. The molecule has 0 unspecified atom stereocenters. The third-order valence-electron chi connectivity index (χ3n) is 4.18. The fourth-order valence-corrected chi connectivity index (χ4v) is 4.07. The van der Waals surface area contributed by atoms with Crippen molar-refractivity contribution in [2.24, 2.45) is 5.73 Å². The van der Waals surface area contributed by atoms with Gasteiger partial charge < -0.3 is 10.5 Å². The van der Waals surface area contributed by atoms with Crippen molar-refractivity contribution in [2.75, 3.05) is 6.61 Å². The lowest BCUT2D eigenvalue weighted by Crippen LogP contribution is -2.40. The van der Waals surface area contributed by atoms with E-state index >= 15 is 0 Å². The summed E-state index contributed by atoms with van der Waals surface area (Å²) >= 11 is 0. The van der Waals surface area contributed by atoms with Gasteiger partial charge in [0, 0.05) is 12.1 Å². The Morgan fingerprint density at radius 2 is 1.85 bits per heavy atom. The zero-order valence-corrected chi connectivity index (χ0v) is 16.0. The molecule has 1 aromatic carbocycles. The van der Waals surface area contributed by atoms with Gasteiger partial charge in [0.15, 0.2) is 0 Å². The maximum absolute atomic E-state index is 12.8.